The Balaban J connectivity index is 1.77. The van der Waals surface area contributed by atoms with E-state index < -0.39 is 11.6 Å². The minimum absolute atomic E-state index is 0.491. The van der Waals surface area contributed by atoms with Crippen LogP contribution in [0, 0.1) is 23.5 Å². The Labute approximate surface area is 114 Å². The van der Waals surface area contributed by atoms with E-state index in [0.717, 1.165) is 30.0 Å². The molecule has 1 fully saturated rings. The molecule has 1 aromatic carbocycles. The third-order valence-electron chi connectivity index (χ3n) is 4.37. The van der Waals surface area contributed by atoms with Crippen LogP contribution < -0.4 is 5.32 Å². The number of rotatable bonds is 4. The van der Waals surface area contributed by atoms with Crippen LogP contribution in [0.3, 0.4) is 0 Å². The highest BCUT2D eigenvalue weighted by Crippen LogP contribution is 2.29. The Morgan fingerprint density at radius 2 is 1.74 bits per heavy atom. The molecule has 1 saturated carbocycles. The molecule has 3 atom stereocenters. The molecule has 3 unspecified atom stereocenters. The molecule has 0 bridgehead atoms. The van der Waals surface area contributed by atoms with Crippen LogP contribution in [0.4, 0.5) is 8.78 Å². The molecule has 106 valence electrons. The summed E-state index contributed by atoms with van der Waals surface area (Å²) in [4.78, 5) is 0. The summed E-state index contributed by atoms with van der Waals surface area (Å²) in [5.41, 5.74) is 0.724. The fraction of sp³-hybridized carbons (Fsp3) is 0.625. The molecular weight excluding hydrogens is 244 g/mol. The van der Waals surface area contributed by atoms with Crippen LogP contribution in [0.15, 0.2) is 18.2 Å². The Kier molecular flexibility index (Phi) is 4.92. The van der Waals surface area contributed by atoms with Gasteiger partial charge < -0.3 is 5.32 Å². The van der Waals surface area contributed by atoms with Crippen molar-refractivity contribution in [2.24, 2.45) is 11.8 Å². The number of hydrogen-bond donors (Lipinski definition) is 1. The summed E-state index contributed by atoms with van der Waals surface area (Å²) in [5.74, 6) is 0.596. The number of nitrogens with one attached hydrogen (secondary N) is 1. The van der Waals surface area contributed by atoms with E-state index in [-0.39, 0.29) is 0 Å². The molecule has 1 N–H and O–H groups in total. The third-order valence-corrected chi connectivity index (χ3v) is 4.37. The van der Waals surface area contributed by atoms with Gasteiger partial charge in [0.15, 0.2) is 0 Å². The Hall–Kier alpha value is -0.960. The lowest BCUT2D eigenvalue weighted by molar-refractivity contribution is 0.227. The Morgan fingerprint density at radius 1 is 1.05 bits per heavy atom. The molecule has 1 nitrogen and oxygen atoms in total. The second-order valence-electron chi connectivity index (χ2n) is 5.95. The lowest BCUT2D eigenvalue weighted by Gasteiger charge is -2.32. The van der Waals surface area contributed by atoms with Gasteiger partial charge in [-0.1, -0.05) is 13.8 Å². The first-order valence-electron chi connectivity index (χ1n) is 7.23. The van der Waals surface area contributed by atoms with Crippen LogP contribution >= 0.6 is 0 Å². The molecule has 0 aliphatic heterocycles. The molecule has 3 heteroatoms. The van der Waals surface area contributed by atoms with Gasteiger partial charge in [0.1, 0.15) is 11.6 Å². The summed E-state index contributed by atoms with van der Waals surface area (Å²) in [6, 6.07) is 4.30. The van der Waals surface area contributed by atoms with E-state index in [1.54, 1.807) is 0 Å². The van der Waals surface area contributed by atoms with Crippen LogP contribution in [-0.2, 0) is 6.42 Å². The summed E-state index contributed by atoms with van der Waals surface area (Å²) in [5, 5.41) is 3.52. The van der Waals surface area contributed by atoms with Crippen molar-refractivity contribution in [3.8, 4) is 0 Å². The van der Waals surface area contributed by atoms with Crippen molar-refractivity contribution < 1.29 is 8.78 Å². The van der Waals surface area contributed by atoms with E-state index in [4.69, 9.17) is 0 Å². The van der Waals surface area contributed by atoms with Gasteiger partial charge in [-0.3, -0.25) is 0 Å². The summed E-state index contributed by atoms with van der Waals surface area (Å²) in [6.45, 7) is 5.41. The zero-order valence-corrected chi connectivity index (χ0v) is 11.8. The Bertz CT molecular complexity index is 399. The predicted molar refractivity (Wildman–Crippen MR) is 74.0 cm³/mol. The van der Waals surface area contributed by atoms with E-state index in [0.29, 0.717) is 12.5 Å². The molecule has 1 aliphatic rings. The fourth-order valence-electron chi connectivity index (χ4n) is 2.91. The standard InChI is InChI=1S/C16H23F2N/c1-11-3-4-16(7-12(11)2)19-6-5-13-8-14(17)10-15(18)9-13/h8-12,16,19H,3-7H2,1-2H3. The van der Waals surface area contributed by atoms with Crippen LogP contribution in [-0.4, -0.2) is 12.6 Å². The lowest BCUT2D eigenvalue weighted by Crippen LogP contribution is -2.37. The normalized spacial score (nSPS) is 27.5. The van der Waals surface area contributed by atoms with Crippen molar-refractivity contribution in [2.75, 3.05) is 6.54 Å². The van der Waals surface area contributed by atoms with Crippen molar-refractivity contribution in [1.29, 1.82) is 0 Å². The van der Waals surface area contributed by atoms with Gasteiger partial charge in [0.05, 0.1) is 0 Å². The SMILES string of the molecule is CC1CCC(NCCc2cc(F)cc(F)c2)CC1C. The molecule has 19 heavy (non-hydrogen) atoms. The molecule has 0 amide bonds. The van der Waals surface area contributed by atoms with Crippen LogP contribution in [0.5, 0.6) is 0 Å². The van der Waals surface area contributed by atoms with Gasteiger partial charge in [-0.05, 0) is 61.8 Å². The smallest absolute Gasteiger partial charge is 0.126 e. The molecular formula is C16H23F2N. The average molecular weight is 267 g/mol. The maximum absolute atomic E-state index is 13.0. The maximum Gasteiger partial charge on any atom is 0.126 e. The molecule has 0 aromatic heterocycles. The van der Waals surface area contributed by atoms with Crippen LogP contribution in [0.1, 0.15) is 38.7 Å². The minimum Gasteiger partial charge on any atom is -0.314 e. The minimum atomic E-state index is -0.491. The average Bonchev–Trinajstić information content (AvgIpc) is 2.32. The van der Waals surface area contributed by atoms with Crippen LogP contribution in [0.2, 0.25) is 0 Å². The summed E-state index contributed by atoms with van der Waals surface area (Å²) in [6.07, 6.45) is 4.37. The van der Waals surface area contributed by atoms with Crippen LogP contribution in [0.25, 0.3) is 0 Å². The molecule has 0 radical (unpaired) electrons. The van der Waals surface area contributed by atoms with Crippen molar-refractivity contribution in [1.82, 2.24) is 5.32 Å². The largest absolute Gasteiger partial charge is 0.314 e. The van der Waals surface area contributed by atoms with Gasteiger partial charge >= 0.3 is 0 Å². The van der Waals surface area contributed by atoms with E-state index in [9.17, 15) is 8.78 Å². The topological polar surface area (TPSA) is 12.0 Å². The van der Waals surface area contributed by atoms with E-state index in [1.165, 1.54) is 31.4 Å². The van der Waals surface area contributed by atoms with Gasteiger partial charge in [-0.2, -0.15) is 0 Å². The highest BCUT2D eigenvalue weighted by atomic mass is 19.1. The van der Waals surface area contributed by atoms with Crippen molar-refractivity contribution in [2.45, 2.75) is 45.6 Å². The quantitative estimate of drug-likeness (QED) is 0.871. The van der Waals surface area contributed by atoms with Crippen molar-refractivity contribution in [3.63, 3.8) is 0 Å². The zero-order chi connectivity index (χ0) is 13.8. The van der Waals surface area contributed by atoms with Gasteiger partial charge in [0, 0.05) is 12.1 Å². The van der Waals surface area contributed by atoms with Gasteiger partial charge in [0.2, 0.25) is 0 Å². The van der Waals surface area contributed by atoms with Gasteiger partial charge in [-0.25, -0.2) is 8.78 Å². The fourth-order valence-corrected chi connectivity index (χ4v) is 2.91. The second-order valence-corrected chi connectivity index (χ2v) is 5.95. The van der Waals surface area contributed by atoms with E-state index in [2.05, 4.69) is 19.2 Å². The first-order valence-corrected chi connectivity index (χ1v) is 7.23. The second kappa shape index (κ2) is 6.47. The molecule has 0 saturated heterocycles. The summed E-state index contributed by atoms with van der Waals surface area (Å²) < 4.78 is 26.1. The summed E-state index contributed by atoms with van der Waals surface area (Å²) in [7, 11) is 0. The maximum atomic E-state index is 13.0. The van der Waals surface area contributed by atoms with E-state index >= 15 is 0 Å². The molecule has 1 aromatic rings. The zero-order valence-electron chi connectivity index (χ0n) is 11.8. The first kappa shape index (κ1) is 14.4. The Morgan fingerprint density at radius 3 is 2.37 bits per heavy atom. The molecule has 0 heterocycles. The number of halogens is 2. The highest BCUT2D eigenvalue weighted by Gasteiger charge is 2.23. The van der Waals surface area contributed by atoms with E-state index in [1.807, 2.05) is 0 Å². The van der Waals surface area contributed by atoms with Crippen molar-refractivity contribution >= 4 is 0 Å². The predicted octanol–water partition coefficient (Wildman–Crippen LogP) is 3.92. The lowest BCUT2D eigenvalue weighted by atomic mass is 9.79. The molecule has 0 spiro atoms. The first-order chi connectivity index (χ1) is 9.04. The molecule has 1 aliphatic carbocycles. The highest BCUT2D eigenvalue weighted by molar-refractivity contribution is 5.18. The number of benzene rings is 1. The monoisotopic (exact) mass is 267 g/mol. The third kappa shape index (κ3) is 4.27. The molecule has 2 rings (SSSR count). The summed E-state index contributed by atoms with van der Waals surface area (Å²) >= 11 is 0. The van der Waals surface area contributed by atoms with Gasteiger partial charge in [-0.15, -0.1) is 0 Å². The number of hydrogen-bond acceptors (Lipinski definition) is 1. The van der Waals surface area contributed by atoms with Gasteiger partial charge in [0.25, 0.3) is 0 Å². The van der Waals surface area contributed by atoms with Crippen molar-refractivity contribution in [3.05, 3.63) is 35.4 Å².